The molecule has 0 amide bonds. The third-order valence-corrected chi connectivity index (χ3v) is 3.69. The fraction of sp³-hybridized carbons (Fsp3) is 0.0588. The lowest BCUT2D eigenvalue weighted by atomic mass is 10.2. The zero-order valence-electron chi connectivity index (χ0n) is 11.9. The molecule has 0 atom stereocenters. The third-order valence-electron chi connectivity index (χ3n) is 3.69. The molecule has 5 heteroatoms. The number of carbonyl (C=O) groups excluding carboxylic acids is 1. The summed E-state index contributed by atoms with van der Waals surface area (Å²) in [5.41, 5.74) is 8.52. The van der Waals surface area contributed by atoms with Gasteiger partial charge < -0.3 is 10.2 Å². The summed E-state index contributed by atoms with van der Waals surface area (Å²) in [5.74, 6) is 0.638. The first-order valence-electron chi connectivity index (χ1n) is 6.91. The molecule has 0 aliphatic rings. The standard InChI is InChI=1S/C17H13N3O2/c1-10-19-13-7-6-12(18)9-14(13)20(10)17(21)16-8-11-4-2-3-5-15(11)22-16/h2-9H,18H2,1H3. The van der Waals surface area contributed by atoms with Crippen LogP contribution in [0, 0.1) is 6.92 Å². The number of carbonyl (C=O) groups is 1. The van der Waals surface area contributed by atoms with Gasteiger partial charge in [-0.3, -0.25) is 9.36 Å². The summed E-state index contributed by atoms with van der Waals surface area (Å²) in [6.45, 7) is 1.79. The molecule has 0 saturated carbocycles. The minimum atomic E-state index is -0.248. The number of aryl methyl sites for hydroxylation is 1. The maximum atomic E-state index is 12.8. The van der Waals surface area contributed by atoms with Gasteiger partial charge in [0.15, 0.2) is 5.76 Å². The second-order valence-corrected chi connectivity index (χ2v) is 5.20. The number of aromatic nitrogens is 2. The van der Waals surface area contributed by atoms with Crippen molar-refractivity contribution in [3.63, 3.8) is 0 Å². The fourth-order valence-corrected chi connectivity index (χ4v) is 2.67. The molecule has 0 fully saturated rings. The zero-order chi connectivity index (χ0) is 15.3. The molecular weight excluding hydrogens is 278 g/mol. The van der Waals surface area contributed by atoms with Gasteiger partial charge in [0.05, 0.1) is 11.0 Å². The summed E-state index contributed by atoms with van der Waals surface area (Å²) in [6.07, 6.45) is 0. The number of hydrogen-bond donors (Lipinski definition) is 1. The quantitative estimate of drug-likeness (QED) is 0.546. The van der Waals surface area contributed by atoms with Gasteiger partial charge in [0.25, 0.3) is 5.91 Å². The van der Waals surface area contributed by atoms with E-state index in [-0.39, 0.29) is 11.7 Å². The highest BCUT2D eigenvalue weighted by molar-refractivity contribution is 6.02. The van der Waals surface area contributed by atoms with Crippen LogP contribution in [0.15, 0.2) is 52.9 Å². The van der Waals surface area contributed by atoms with E-state index < -0.39 is 0 Å². The number of nitrogen functional groups attached to an aromatic ring is 1. The lowest BCUT2D eigenvalue weighted by Gasteiger charge is -2.03. The highest BCUT2D eigenvalue weighted by Crippen LogP contribution is 2.23. The first-order valence-corrected chi connectivity index (χ1v) is 6.91. The first kappa shape index (κ1) is 12.6. The lowest BCUT2D eigenvalue weighted by molar-refractivity contribution is 0.0937. The van der Waals surface area contributed by atoms with Crippen molar-refractivity contribution in [3.8, 4) is 0 Å². The average molecular weight is 291 g/mol. The highest BCUT2D eigenvalue weighted by Gasteiger charge is 2.19. The van der Waals surface area contributed by atoms with E-state index in [0.717, 1.165) is 10.9 Å². The van der Waals surface area contributed by atoms with E-state index >= 15 is 0 Å². The van der Waals surface area contributed by atoms with Crippen LogP contribution in [-0.2, 0) is 0 Å². The number of fused-ring (bicyclic) bond motifs is 2. The van der Waals surface area contributed by atoms with Crippen molar-refractivity contribution in [1.82, 2.24) is 9.55 Å². The van der Waals surface area contributed by atoms with Gasteiger partial charge in [-0.05, 0) is 37.3 Å². The summed E-state index contributed by atoms with van der Waals surface area (Å²) in [4.78, 5) is 17.2. The maximum Gasteiger partial charge on any atom is 0.299 e. The van der Waals surface area contributed by atoms with Crippen LogP contribution in [0.2, 0.25) is 0 Å². The molecular formula is C17H13N3O2. The van der Waals surface area contributed by atoms with E-state index in [0.29, 0.717) is 22.6 Å². The molecule has 0 radical (unpaired) electrons. The Morgan fingerprint density at radius 2 is 2.00 bits per heavy atom. The number of para-hydroxylation sites is 1. The Bertz CT molecular complexity index is 994. The summed E-state index contributed by atoms with van der Waals surface area (Å²) in [6, 6.07) is 14.6. The van der Waals surface area contributed by atoms with Crippen LogP contribution in [0.3, 0.4) is 0 Å². The van der Waals surface area contributed by atoms with Crippen molar-refractivity contribution in [2.45, 2.75) is 6.92 Å². The smallest absolute Gasteiger partial charge is 0.299 e. The Morgan fingerprint density at radius 3 is 2.82 bits per heavy atom. The highest BCUT2D eigenvalue weighted by atomic mass is 16.3. The third kappa shape index (κ3) is 1.79. The lowest BCUT2D eigenvalue weighted by Crippen LogP contribution is -2.12. The van der Waals surface area contributed by atoms with Crippen LogP contribution < -0.4 is 5.73 Å². The minimum Gasteiger partial charge on any atom is -0.451 e. The minimum absolute atomic E-state index is 0.248. The predicted molar refractivity (Wildman–Crippen MR) is 84.8 cm³/mol. The second-order valence-electron chi connectivity index (χ2n) is 5.20. The van der Waals surface area contributed by atoms with Gasteiger partial charge in [-0.25, -0.2) is 4.98 Å². The molecule has 22 heavy (non-hydrogen) atoms. The van der Waals surface area contributed by atoms with Gasteiger partial charge in [-0.2, -0.15) is 0 Å². The summed E-state index contributed by atoms with van der Waals surface area (Å²) in [5, 5.41) is 0.896. The summed E-state index contributed by atoms with van der Waals surface area (Å²) < 4.78 is 7.19. The summed E-state index contributed by atoms with van der Waals surface area (Å²) in [7, 11) is 0. The first-order chi connectivity index (χ1) is 10.6. The Labute approximate surface area is 126 Å². The van der Waals surface area contributed by atoms with Gasteiger partial charge in [-0.15, -0.1) is 0 Å². The number of anilines is 1. The van der Waals surface area contributed by atoms with E-state index in [9.17, 15) is 4.79 Å². The molecule has 2 aromatic carbocycles. The van der Waals surface area contributed by atoms with E-state index in [1.807, 2.05) is 24.3 Å². The number of nitrogens with zero attached hydrogens (tertiary/aromatic N) is 2. The maximum absolute atomic E-state index is 12.8. The Morgan fingerprint density at radius 1 is 1.18 bits per heavy atom. The van der Waals surface area contributed by atoms with Crippen LogP contribution in [-0.4, -0.2) is 15.5 Å². The molecule has 2 N–H and O–H groups in total. The van der Waals surface area contributed by atoms with Crippen LogP contribution in [0.4, 0.5) is 5.69 Å². The second kappa shape index (κ2) is 4.46. The molecule has 0 spiro atoms. The van der Waals surface area contributed by atoms with Gasteiger partial charge in [-0.1, -0.05) is 18.2 Å². The van der Waals surface area contributed by atoms with Crippen LogP contribution >= 0.6 is 0 Å². The number of nitrogens with two attached hydrogens (primary N) is 1. The van der Waals surface area contributed by atoms with E-state index in [1.54, 1.807) is 31.2 Å². The number of furan rings is 1. The van der Waals surface area contributed by atoms with E-state index in [2.05, 4.69) is 4.98 Å². The Kier molecular flexibility index (Phi) is 2.56. The molecule has 4 rings (SSSR count). The molecule has 0 aliphatic carbocycles. The summed E-state index contributed by atoms with van der Waals surface area (Å²) >= 11 is 0. The van der Waals surface area contributed by atoms with E-state index in [4.69, 9.17) is 10.2 Å². The van der Waals surface area contributed by atoms with Crippen molar-refractivity contribution in [3.05, 3.63) is 60.1 Å². The number of hydrogen-bond acceptors (Lipinski definition) is 4. The Hall–Kier alpha value is -3.08. The van der Waals surface area contributed by atoms with Gasteiger partial charge >= 0.3 is 0 Å². The zero-order valence-corrected chi connectivity index (χ0v) is 11.9. The molecule has 5 nitrogen and oxygen atoms in total. The molecule has 0 unspecified atom stereocenters. The van der Waals surface area contributed by atoms with Crippen LogP contribution in [0.25, 0.3) is 22.0 Å². The van der Waals surface area contributed by atoms with Crippen molar-refractivity contribution in [2.24, 2.45) is 0 Å². The van der Waals surface area contributed by atoms with Crippen LogP contribution in [0.5, 0.6) is 0 Å². The molecule has 2 aromatic heterocycles. The van der Waals surface area contributed by atoms with Crippen molar-refractivity contribution < 1.29 is 9.21 Å². The SMILES string of the molecule is Cc1nc2ccc(N)cc2n1C(=O)c1cc2ccccc2o1. The molecule has 0 bridgehead atoms. The molecule has 0 saturated heterocycles. The number of benzene rings is 2. The number of rotatable bonds is 1. The Balaban J connectivity index is 1.92. The van der Waals surface area contributed by atoms with Gasteiger partial charge in [0.2, 0.25) is 0 Å². The molecule has 108 valence electrons. The normalized spacial score (nSPS) is 11.3. The monoisotopic (exact) mass is 291 g/mol. The topological polar surface area (TPSA) is 74.0 Å². The number of imidazole rings is 1. The predicted octanol–water partition coefficient (Wildman–Crippen LogP) is 3.36. The fourth-order valence-electron chi connectivity index (χ4n) is 2.67. The van der Waals surface area contributed by atoms with Gasteiger partial charge in [0, 0.05) is 11.1 Å². The largest absolute Gasteiger partial charge is 0.451 e. The van der Waals surface area contributed by atoms with E-state index in [1.165, 1.54) is 4.57 Å². The van der Waals surface area contributed by atoms with Gasteiger partial charge in [0.1, 0.15) is 11.4 Å². The molecule has 0 aliphatic heterocycles. The molecule has 2 heterocycles. The van der Waals surface area contributed by atoms with Crippen molar-refractivity contribution in [2.75, 3.05) is 5.73 Å². The van der Waals surface area contributed by atoms with Crippen molar-refractivity contribution in [1.29, 1.82) is 0 Å². The van der Waals surface area contributed by atoms with Crippen molar-refractivity contribution >= 4 is 33.6 Å². The molecule has 4 aromatic rings. The average Bonchev–Trinajstić information content (AvgIpc) is 3.06. The van der Waals surface area contributed by atoms with Crippen LogP contribution in [0.1, 0.15) is 16.4 Å².